The van der Waals surface area contributed by atoms with Gasteiger partial charge in [0.25, 0.3) is 0 Å². The predicted molar refractivity (Wildman–Crippen MR) is 119 cm³/mol. The molecule has 5 rings (SSSR count). The van der Waals surface area contributed by atoms with E-state index >= 15 is 0 Å². The van der Waals surface area contributed by atoms with Gasteiger partial charge >= 0.3 is 0 Å². The second kappa shape index (κ2) is 8.08. The van der Waals surface area contributed by atoms with Crippen LogP contribution in [0.25, 0.3) is 33.4 Å². The normalized spacial score (nSPS) is 11.1. The zero-order valence-corrected chi connectivity index (χ0v) is 17.1. The van der Waals surface area contributed by atoms with Crippen molar-refractivity contribution in [1.82, 2.24) is 20.3 Å². The number of hydrogen-bond donors (Lipinski definition) is 0. The monoisotopic (exact) mass is 410 g/mol. The van der Waals surface area contributed by atoms with E-state index in [2.05, 4.69) is 44.6 Å². The van der Waals surface area contributed by atoms with Crippen molar-refractivity contribution in [2.24, 2.45) is 0 Å². The molecule has 0 bridgehead atoms. The molecule has 146 valence electrons. The molecule has 2 heterocycles. The smallest absolute Gasteiger partial charge is 0.237 e. The lowest BCUT2D eigenvalue weighted by molar-refractivity contribution is 0.391. The topological polar surface area (TPSA) is 64.7 Å². The van der Waals surface area contributed by atoms with Crippen molar-refractivity contribution in [2.45, 2.75) is 17.7 Å². The minimum absolute atomic E-state index is 0.530. The van der Waals surface area contributed by atoms with Crippen LogP contribution in [0, 0.1) is 6.92 Å². The molecule has 0 aliphatic heterocycles. The van der Waals surface area contributed by atoms with E-state index in [0.717, 1.165) is 38.2 Å². The molecule has 2 aromatic heterocycles. The minimum Gasteiger partial charge on any atom is -0.338 e. The zero-order valence-electron chi connectivity index (χ0n) is 16.3. The lowest BCUT2D eigenvalue weighted by Gasteiger charge is -2.08. The molecule has 0 N–H and O–H groups in total. The first-order valence-electron chi connectivity index (χ1n) is 9.62. The summed E-state index contributed by atoms with van der Waals surface area (Å²) in [4.78, 5) is 4.55. The molecule has 0 saturated heterocycles. The Morgan fingerprint density at radius 1 is 0.800 bits per heavy atom. The third-order valence-electron chi connectivity index (χ3n) is 4.89. The Bertz CT molecular complexity index is 1320. The van der Waals surface area contributed by atoms with Crippen molar-refractivity contribution in [3.05, 3.63) is 90.3 Å². The fourth-order valence-corrected chi connectivity index (χ4v) is 4.18. The number of thioether (sulfide) groups is 1. The summed E-state index contributed by atoms with van der Waals surface area (Å²) in [5.41, 5.74) is 4.04. The lowest BCUT2D eigenvalue weighted by atomic mass is 10.1. The van der Waals surface area contributed by atoms with Crippen LogP contribution in [0.1, 0.15) is 11.5 Å². The summed E-state index contributed by atoms with van der Waals surface area (Å²) in [7, 11) is 0. The van der Waals surface area contributed by atoms with Gasteiger partial charge in [-0.1, -0.05) is 95.8 Å². The quantitative estimate of drug-likeness (QED) is 0.334. The zero-order chi connectivity index (χ0) is 20.3. The number of rotatable bonds is 5. The number of hydrogen-bond acceptors (Lipinski definition) is 6. The van der Waals surface area contributed by atoms with Gasteiger partial charge < -0.3 is 4.52 Å². The summed E-state index contributed by atoms with van der Waals surface area (Å²) in [6, 6.07) is 26.3. The SMILES string of the molecule is Cc1ccccc1-c1noc(CSc2nnc(-c3ccccc3)c3ccccc23)n1. The van der Waals surface area contributed by atoms with Crippen molar-refractivity contribution in [3.8, 4) is 22.6 Å². The Morgan fingerprint density at radius 3 is 2.37 bits per heavy atom. The van der Waals surface area contributed by atoms with E-state index in [1.165, 1.54) is 0 Å². The summed E-state index contributed by atoms with van der Waals surface area (Å²) >= 11 is 1.55. The van der Waals surface area contributed by atoms with E-state index in [1.807, 2.05) is 61.5 Å². The summed E-state index contributed by atoms with van der Waals surface area (Å²) in [6.45, 7) is 2.04. The highest BCUT2D eigenvalue weighted by molar-refractivity contribution is 7.98. The molecule has 0 fully saturated rings. The van der Waals surface area contributed by atoms with Crippen LogP contribution in [0.5, 0.6) is 0 Å². The molecule has 3 aromatic carbocycles. The molecular weight excluding hydrogens is 392 g/mol. The first kappa shape index (κ1) is 18.5. The number of aromatic nitrogens is 4. The summed E-state index contributed by atoms with van der Waals surface area (Å²) in [5, 5.41) is 16.1. The minimum atomic E-state index is 0.530. The molecule has 6 heteroatoms. The molecule has 0 aliphatic rings. The van der Waals surface area contributed by atoms with Crippen LogP contribution in [0.4, 0.5) is 0 Å². The summed E-state index contributed by atoms with van der Waals surface area (Å²) in [6.07, 6.45) is 0. The van der Waals surface area contributed by atoms with E-state index in [0.29, 0.717) is 17.5 Å². The van der Waals surface area contributed by atoms with Crippen LogP contribution in [0.15, 0.2) is 88.4 Å². The molecule has 0 amide bonds. The average molecular weight is 411 g/mol. The van der Waals surface area contributed by atoms with Gasteiger partial charge in [-0.2, -0.15) is 4.98 Å². The van der Waals surface area contributed by atoms with Crippen LogP contribution in [0.2, 0.25) is 0 Å². The highest BCUT2D eigenvalue weighted by Crippen LogP contribution is 2.33. The van der Waals surface area contributed by atoms with Gasteiger partial charge in [0.2, 0.25) is 11.7 Å². The van der Waals surface area contributed by atoms with Gasteiger partial charge in [0.1, 0.15) is 10.7 Å². The first-order chi connectivity index (χ1) is 14.8. The fourth-order valence-electron chi connectivity index (χ4n) is 3.37. The molecule has 5 aromatic rings. The maximum absolute atomic E-state index is 5.47. The van der Waals surface area contributed by atoms with E-state index in [4.69, 9.17) is 4.52 Å². The highest BCUT2D eigenvalue weighted by atomic mass is 32.2. The van der Waals surface area contributed by atoms with Gasteiger partial charge in [-0.05, 0) is 12.5 Å². The molecule has 0 radical (unpaired) electrons. The van der Waals surface area contributed by atoms with E-state index in [-0.39, 0.29) is 0 Å². The Hall–Kier alpha value is -3.51. The van der Waals surface area contributed by atoms with Crippen LogP contribution >= 0.6 is 11.8 Å². The van der Waals surface area contributed by atoms with Gasteiger partial charge in [-0.3, -0.25) is 0 Å². The Kier molecular flexibility index (Phi) is 4.99. The van der Waals surface area contributed by atoms with Crippen molar-refractivity contribution in [2.75, 3.05) is 0 Å². The molecule has 30 heavy (non-hydrogen) atoms. The molecule has 0 atom stereocenters. The van der Waals surface area contributed by atoms with Gasteiger partial charge in [-0.25, -0.2) is 0 Å². The second-order valence-electron chi connectivity index (χ2n) is 6.88. The number of aryl methyl sites for hydroxylation is 1. The second-order valence-corrected chi connectivity index (χ2v) is 7.84. The van der Waals surface area contributed by atoms with Crippen LogP contribution in [0.3, 0.4) is 0 Å². The first-order valence-corrected chi connectivity index (χ1v) is 10.6. The van der Waals surface area contributed by atoms with Gasteiger partial charge in [-0.15, -0.1) is 10.2 Å². The largest absolute Gasteiger partial charge is 0.338 e. The van der Waals surface area contributed by atoms with Gasteiger partial charge in [0, 0.05) is 21.9 Å². The molecule has 0 aliphatic carbocycles. The predicted octanol–water partition coefficient (Wildman–Crippen LogP) is 5.95. The van der Waals surface area contributed by atoms with E-state index in [1.54, 1.807) is 11.8 Å². The van der Waals surface area contributed by atoms with Crippen molar-refractivity contribution in [1.29, 1.82) is 0 Å². The van der Waals surface area contributed by atoms with Crippen molar-refractivity contribution < 1.29 is 4.52 Å². The number of benzene rings is 3. The molecule has 0 saturated carbocycles. The Balaban J connectivity index is 1.43. The van der Waals surface area contributed by atoms with Crippen molar-refractivity contribution in [3.63, 3.8) is 0 Å². The third kappa shape index (κ3) is 3.57. The standard InChI is InChI=1S/C24H18N4OS/c1-16-9-5-6-12-18(16)23-25-21(29-28-23)15-30-24-20-14-8-7-13-19(20)22(26-27-24)17-10-3-2-4-11-17/h2-14H,15H2,1H3. The molecular formula is C24H18N4OS. The van der Waals surface area contributed by atoms with Crippen LogP contribution in [-0.4, -0.2) is 20.3 Å². The molecule has 5 nitrogen and oxygen atoms in total. The average Bonchev–Trinajstić information content (AvgIpc) is 3.27. The van der Waals surface area contributed by atoms with Gasteiger partial charge in [0.05, 0.1) is 5.75 Å². The van der Waals surface area contributed by atoms with Crippen molar-refractivity contribution >= 4 is 22.5 Å². The van der Waals surface area contributed by atoms with Gasteiger partial charge in [0.15, 0.2) is 0 Å². The number of nitrogens with zero attached hydrogens (tertiary/aromatic N) is 4. The highest BCUT2D eigenvalue weighted by Gasteiger charge is 2.14. The maximum Gasteiger partial charge on any atom is 0.237 e. The van der Waals surface area contributed by atoms with Crippen LogP contribution in [-0.2, 0) is 5.75 Å². The molecule has 0 spiro atoms. The summed E-state index contributed by atoms with van der Waals surface area (Å²) in [5.74, 6) is 1.71. The third-order valence-corrected chi connectivity index (χ3v) is 5.85. The van der Waals surface area contributed by atoms with E-state index < -0.39 is 0 Å². The Labute approximate surface area is 178 Å². The molecule has 0 unspecified atom stereocenters. The van der Waals surface area contributed by atoms with Crippen LogP contribution < -0.4 is 0 Å². The number of fused-ring (bicyclic) bond motifs is 1. The van der Waals surface area contributed by atoms with E-state index in [9.17, 15) is 0 Å². The Morgan fingerprint density at radius 2 is 1.53 bits per heavy atom. The summed E-state index contributed by atoms with van der Waals surface area (Å²) < 4.78 is 5.47. The maximum atomic E-state index is 5.47. The lowest BCUT2D eigenvalue weighted by Crippen LogP contribution is -1.94. The fraction of sp³-hybridized carbons (Fsp3) is 0.0833.